The van der Waals surface area contributed by atoms with E-state index in [1.165, 1.54) is 4.90 Å². The first-order valence-corrected chi connectivity index (χ1v) is 5.77. The van der Waals surface area contributed by atoms with Crippen LogP contribution >= 0.6 is 0 Å². The smallest absolute Gasteiger partial charge is 0.322 e. The molecule has 0 aromatic rings. The highest BCUT2D eigenvalue weighted by Crippen LogP contribution is 2.10. The molecule has 0 saturated carbocycles. The van der Waals surface area contributed by atoms with Gasteiger partial charge in [0.1, 0.15) is 6.04 Å². The number of carbonyl (C=O) groups excluding carboxylic acids is 1. The van der Waals surface area contributed by atoms with Crippen molar-refractivity contribution in [2.75, 3.05) is 47.3 Å². The molecule has 1 aliphatic rings. The lowest BCUT2D eigenvalue weighted by Crippen LogP contribution is -2.58. The summed E-state index contributed by atoms with van der Waals surface area (Å²) in [6.45, 7) is 2.03. The minimum absolute atomic E-state index is 0.00708. The molecule has 17 heavy (non-hydrogen) atoms. The number of hydrogen-bond donors (Lipinski definition) is 1. The largest absolute Gasteiger partial charge is 0.480 e. The van der Waals surface area contributed by atoms with Gasteiger partial charge in [-0.15, -0.1) is 0 Å². The molecule has 0 aliphatic carbocycles. The van der Waals surface area contributed by atoms with Crippen molar-refractivity contribution in [3.8, 4) is 0 Å². The molecule has 1 heterocycles. The Bertz CT molecular complexity index is 294. The third kappa shape index (κ3) is 3.98. The van der Waals surface area contributed by atoms with Crippen LogP contribution in [0.1, 0.15) is 6.42 Å². The van der Waals surface area contributed by atoms with Crippen LogP contribution in [0.4, 0.5) is 0 Å². The number of carbonyl (C=O) groups is 2. The summed E-state index contributed by atoms with van der Waals surface area (Å²) in [7, 11) is 5.60. The number of likely N-dealkylation sites (N-methyl/N-ethyl adjacent to an activating group) is 1. The van der Waals surface area contributed by atoms with Gasteiger partial charge in [-0.1, -0.05) is 0 Å². The molecule has 6 nitrogen and oxygen atoms in total. The van der Waals surface area contributed by atoms with Crippen LogP contribution in [-0.4, -0.2) is 85.0 Å². The third-order valence-electron chi connectivity index (χ3n) is 2.99. The van der Waals surface area contributed by atoms with Gasteiger partial charge >= 0.3 is 5.97 Å². The second kappa shape index (κ2) is 5.97. The molecule has 1 atom stereocenters. The van der Waals surface area contributed by atoms with E-state index in [1.54, 1.807) is 11.9 Å². The molecule has 1 saturated heterocycles. The van der Waals surface area contributed by atoms with Gasteiger partial charge in [-0.05, 0) is 27.1 Å². The number of nitrogens with zero attached hydrogens (tertiary/aromatic N) is 3. The van der Waals surface area contributed by atoms with Crippen molar-refractivity contribution in [1.29, 1.82) is 0 Å². The maximum Gasteiger partial charge on any atom is 0.322 e. The Morgan fingerprint density at radius 1 is 1.53 bits per heavy atom. The van der Waals surface area contributed by atoms with Crippen molar-refractivity contribution in [1.82, 2.24) is 14.7 Å². The van der Waals surface area contributed by atoms with E-state index in [-0.39, 0.29) is 19.0 Å². The van der Waals surface area contributed by atoms with Gasteiger partial charge in [0.05, 0.1) is 6.54 Å². The van der Waals surface area contributed by atoms with E-state index in [0.717, 1.165) is 13.0 Å². The SMILES string of the molecule is CN(C)CCCN1CC(=O)N(C)CC1C(=O)O. The number of amides is 1. The summed E-state index contributed by atoms with van der Waals surface area (Å²) in [6.07, 6.45) is 0.869. The van der Waals surface area contributed by atoms with E-state index < -0.39 is 12.0 Å². The molecule has 0 aromatic heterocycles. The van der Waals surface area contributed by atoms with Crippen LogP contribution in [0.25, 0.3) is 0 Å². The molecule has 0 bridgehead atoms. The summed E-state index contributed by atoms with van der Waals surface area (Å²) in [6, 6.07) is -0.570. The fourth-order valence-electron chi connectivity index (χ4n) is 1.94. The summed E-state index contributed by atoms with van der Waals surface area (Å²) in [5.41, 5.74) is 0. The maximum atomic E-state index is 11.6. The number of aliphatic carboxylic acids is 1. The lowest BCUT2D eigenvalue weighted by molar-refractivity contribution is -0.150. The van der Waals surface area contributed by atoms with Crippen molar-refractivity contribution in [3.05, 3.63) is 0 Å². The molecule has 1 N–H and O–H groups in total. The second-order valence-corrected chi connectivity index (χ2v) is 4.76. The zero-order valence-electron chi connectivity index (χ0n) is 10.7. The molecule has 1 rings (SSSR count). The van der Waals surface area contributed by atoms with Gasteiger partial charge in [-0.2, -0.15) is 0 Å². The van der Waals surface area contributed by atoms with Crippen LogP contribution in [0.5, 0.6) is 0 Å². The van der Waals surface area contributed by atoms with E-state index in [0.29, 0.717) is 6.54 Å². The van der Waals surface area contributed by atoms with Crippen molar-refractivity contribution in [2.45, 2.75) is 12.5 Å². The molecule has 1 unspecified atom stereocenters. The van der Waals surface area contributed by atoms with Gasteiger partial charge in [0.25, 0.3) is 0 Å². The van der Waals surface area contributed by atoms with E-state index in [1.807, 2.05) is 19.0 Å². The normalized spacial score (nSPS) is 22.2. The van der Waals surface area contributed by atoms with Gasteiger partial charge in [-0.3, -0.25) is 14.5 Å². The Morgan fingerprint density at radius 2 is 2.18 bits per heavy atom. The molecule has 1 aliphatic heterocycles. The predicted molar refractivity (Wildman–Crippen MR) is 63.8 cm³/mol. The number of rotatable bonds is 5. The highest BCUT2D eigenvalue weighted by Gasteiger charge is 2.34. The zero-order valence-corrected chi connectivity index (χ0v) is 10.7. The lowest BCUT2D eigenvalue weighted by atomic mass is 10.1. The first kappa shape index (κ1) is 13.9. The Hall–Kier alpha value is -1.14. The molecule has 6 heteroatoms. The number of piperazine rings is 1. The Morgan fingerprint density at radius 3 is 2.71 bits per heavy atom. The number of hydrogen-bond acceptors (Lipinski definition) is 4. The average molecular weight is 243 g/mol. The molecular weight excluding hydrogens is 222 g/mol. The van der Waals surface area contributed by atoms with E-state index in [2.05, 4.69) is 0 Å². The third-order valence-corrected chi connectivity index (χ3v) is 2.99. The average Bonchev–Trinajstić information content (AvgIpc) is 2.22. The number of carboxylic acids is 1. The Labute approximate surface area is 102 Å². The second-order valence-electron chi connectivity index (χ2n) is 4.76. The fraction of sp³-hybridized carbons (Fsp3) is 0.818. The summed E-state index contributed by atoms with van der Waals surface area (Å²) < 4.78 is 0. The molecule has 0 spiro atoms. The highest BCUT2D eigenvalue weighted by atomic mass is 16.4. The lowest BCUT2D eigenvalue weighted by Gasteiger charge is -2.37. The van der Waals surface area contributed by atoms with Crippen LogP contribution in [0.2, 0.25) is 0 Å². The molecule has 1 fully saturated rings. The van der Waals surface area contributed by atoms with Crippen molar-refractivity contribution in [3.63, 3.8) is 0 Å². The van der Waals surface area contributed by atoms with Gasteiger partial charge in [0.15, 0.2) is 0 Å². The van der Waals surface area contributed by atoms with Crippen molar-refractivity contribution >= 4 is 11.9 Å². The van der Waals surface area contributed by atoms with Crippen LogP contribution in [0.15, 0.2) is 0 Å². The molecule has 0 radical (unpaired) electrons. The first-order valence-electron chi connectivity index (χ1n) is 5.77. The quantitative estimate of drug-likeness (QED) is 0.682. The van der Waals surface area contributed by atoms with Crippen LogP contribution < -0.4 is 0 Å². The van der Waals surface area contributed by atoms with Crippen LogP contribution in [0, 0.1) is 0 Å². The predicted octanol–water partition coefficient (Wildman–Crippen LogP) is -0.835. The minimum atomic E-state index is -0.853. The number of carboxylic acid groups (broad SMARTS) is 1. The molecule has 0 aromatic carbocycles. The first-order chi connectivity index (χ1) is 7.91. The van der Waals surface area contributed by atoms with Crippen LogP contribution in [-0.2, 0) is 9.59 Å². The van der Waals surface area contributed by atoms with Crippen LogP contribution in [0.3, 0.4) is 0 Å². The highest BCUT2D eigenvalue weighted by molar-refractivity contribution is 5.83. The summed E-state index contributed by atoms with van der Waals surface area (Å²) in [4.78, 5) is 28.0. The zero-order chi connectivity index (χ0) is 13.0. The summed E-state index contributed by atoms with van der Waals surface area (Å²) in [5.74, 6) is -0.860. The molecule has 98 valence electrons. The van der Waals surface area contributed by atoms with Crippen molar-refractivity contribution in [2.24, 2.45) is 0 Å². The van der Waals surface area contributed by atoms with E-state index >= 15 is 0 Å². The molecule has 1 amide bonds. The van der Waals surface area contributed by atoms with Gasteiger partial charge in [0.2, 0.25) is 5.91 Å². The van der Waals surface area contributed by atoms with Gasteiger partial charge in [0, 0.05) is 20.1 Å². The Balaban J connectivity index is 2.53. The fourth-order valence-corrected chi connectivity index (χ4v) is 1.94. The van der Waals surface area contributed by atoms with E-state index in [9.17, 15) is 9.59 Å². The van der Waals surface area contributed by atoms with Gasteiger partial charge in [-0.25, -0.2) is 0 Å². The summed E-state index contributed by atoms with van der Waals surface area (Å²) >= 11 is 0. The minimum Gasteiger partial charge on any atom is -0.480 e. The maximum absolute atomic E-state index is 11.6. The summed E-state index contributed by atoms with van der Waals surface area (Å²) in [5, 5.41) is 9.13. The molecular formula is C11H21N3O3. The van der Waals surface area contributed by atoms with Gasteiger partial charge < -0.3 is 14.9 Å². The standard InChI is InChI=1S/C11H21N3O3/c1-12(2)5-4-6-14-8-10(15)13(3)7-9(14)11(16)17/h9H,4-8H2,1-3H3,(H,16,17). The monoisotopic (exact) mass is 243 g/mol. The Kier molecular flexibility index (Phi) is 4.89. The van der Waals surface area contributed by atoms with E-state index in [4.69, 9.17) is 5.11 Å². The van der Waals surface area contributed by atoms with Crippen molar-refractivity contribution < 1.29 is 14.7 Å². The topological polar surface area (TPSA) is 64.1 Å².